The predicted molar refractivity (Wildman–Crippen MR) is 71.6 cm³/mol. The Morgan fingerprint density at radius 2 is 2.18 bits per heavy atom. The fourth-order valence-corrected chi connectivity index (χ4v) is 3.16. The van der Waals surface area contributed by atoms with Crippen LogP contribution in [0.4, 0.5) is 0 Å². The van der Waals surface area contributed by atoms with Crippen LogP contribution >= 0.6 is 23.4 Å². The first-order valence-corrected chi connectivity index (χ1v) is 6.53. The van der Waals surface area contributed by atoms with Gasteiger partial charge < -0.3 is 0 Å². The van der Waals surface area contributed by atoms with Crippen molar-refractivity contribution in [1.82, 2.24) is 0 Å². The molecule has 0 saturated carbocycles. The lowest BCUT2D eigenvalue weighted by molar-refractivity contribution is 0.104. The molecule has 1 aromatic rings. The minimum Gasteiger partial charge on any atom is -0.289 e. The number of allylic oxidation sites excluding steroid dienone is 5. The topological polar surface area (TPSA) is 17.1 Å². The van der Waals surface area contributed by atoms with Crippen molar-refractivity contribution in [1.29, 1.82) is 0 Å². The Kier molecular flexibility index (Phi) is 2.69. The monoisotopic (exact) mass is 260 g/mol. The molecule has 17 heavy (non-hydrogen) atoms. The summed E-state index contributed by atoms with van der Waals surface area (Å²) in [5.41, 5.74) is 1.79. The zero-order valence-corrected chi connectivity index (χ0v) is 10.5. The van der Waals surface area contributed by atoms with Crippen molar-refractivity contribution in [2.24, 2.45) is 0 Å². The predicted octanol–water partition coefficient (Wildman–Crippen LogP) is 4.40. The van der Waals surface area contributed by atoms with Gasteiger partial charge in [0.15, 0.2) is 5.78 Å². The SMILES string of the molecule is O=C1C=C2CC=CC=C2Sc2ccc(Cl)cc21. The van der Waals surface area contributed by atoms with E-state index in [4.69, 9.17) is 11.6 Å². The van der Waals surface area contributed by atoms with Crippen LogP contribution in [0.15, 0.2) is 57.9 Å². The summed E-state index contributed by atoms with van der Waals surface area (Å²) < 4.78 is 0. The van der Waals surface area contributed by atoms with Crippen molar-refractivity contribution >= 4 is 29.1 Å². The van der Waals surface area contributed by atoms with Gasteiger partial charge in [-0.3, -0.25) is 4.79 Å². The second-order valence-corrected chi connectivity index (χ2v) is 5.46. The van der Waals surface area contributed by atoms with Gasteiger partial charge in [0, 0.05) is 20.4 Å². The van der Waals surface area contributed by atoms with Crippen LogP contribution in [0, 0.1) is 0 Å². The first-order valence-electron chi connectivity index (χ1n) is 5.33. The summed E-state index contributed by atoms with van der Waals surface area (Å²) in [6.07, 6.45) is 8.70. The fraction of sp³-hybridized carbons (Fsp3) is 0.0714. The largest absolute Gasteiger partial charge is 0.289 e. The van der Waals surface area contributed by atoms with Gasteiger partial charge in [-0.25, -0.2) is 0 Å². The van der Waals surface area contributed by atoms with Gasteiger partial charge in [0.05, 0.1) is 0 Å². The van der Waals surface area contributed by atoms with Crippen LogP contribution in [-0.2, 0) is 0 Å². The Balaban J connectivity index is 2.16. The highest BCUT2D eigenvalue weighted by Gasteiger charge is 2.20. The summed E-state index contributed by atoms with van der Waals surface area (Å²) in [7, 11) is 0. The molecule has 3 rings (SSSR count). The average molecular weight is 261 g/mol. The summed E-state index contributed by atoms with van der Waals surface area (Å²) in [4.78, 5) is 14.2. The van der Waals surface area contributed by atoms with Gasteiger partial charge in [-0.15, -0.1) is 0 Å². The van der Waals surface area contributed by atoms with Gasteiger partial charge in [-0.2, -0.15) is 0 Å². The molecule has 0 spiro atoms. The molecule has 1 heterocycles. The zero-order chi connectivity index (χ0) is 11.8. The number of hydrogen-bond donors (Lipinski definition) is 0. The van der Waals surface area contributed by atoms with Crippen molar-refractivity contribution in [3.05, 3.63) is 63.6 Å². The highest BCUT2D eigenvalue weighted by Crippen LogP contribution is 2.40. The van der Waals surface area contributed by atoms with Crippen LogP contribution in [0.2, 0.25) is 5.02 Å². The highest BCUT2D eigenvalue weighted by molar-refractivity contribution is 8.03. The number of halogens is 1. The first-order chi connectivity index (χ1) is 8.24. The lowest BCUT2D eigenvalue weighted by Crippen LogP contribution is -1.96. The Morgan fingerprint density at radius 1 is 1.29 bits per heavy atom. The number of ketones is 1. The third kappa shape index (κ3) is 1.99. The minimum atomic E-state index is 0.0451. The van der Waals surface area contributed by atoms with E-state index in [1.807, 2.05) is 18.2 Å². The van der Waals surface area contributed by atoms with E-state index in [-0.39, 0.29) is 5.78 Å². The van der Waals surface area contributed by atoms with Gasteiger partial charge in [-0.1, -0.05) is 35.5 Å². The molecule has 0 saturated heterocycles. The van der Waals surface area contributed by atoms with Gasteiger partial charge in [0.2, 0.25) is 0 Å². The molecule has 0 atom stereocenters. The van der Waals surface area contributed by atoms with Crippen LogP contribution in [0.3, 0.4) is 0 Å². The van der Waals surface area contributed by atoms with Gasteiger partial charge in [-0.05, 0) is 42.3 Å². The van der Waals surface area contributed by atoms with Gasteiger partial charge >= 0.3 is 0 Å². The Bertz CT molecular complexity index is 596. The molecule has 0 unspecified atom stereocenters. The molecule has 3 heteroatoms. The lowest BCUT2D eigenvalue weighted by Gasteiger charge is -2.10. The molecule has 1 aliphatic carbocycles. The second kappa shape index (κ2) is 4.21. The number of carbonyl (C=O) groups is 1. The third-order valence-corrected chi connectivity index (χ3v) is 4.20. The molecule has 1 nitrogen and oxygen atoms in total. The quantitative estimate of drug-likeness (QED) is 0.688. The summed E-state index contributed by atoms with van der Waals surface area (Å²) in [6, 6.07) is 5.48. The molecule has 0 bridgehead atoms. The second-order valence-electron chi connectivity index (χ2n) is 3.94. The molecule has 84 valence electrons. The Morgan fingerprint density at radius 3 is 3.06 bits per heavy atom. The van der Waals surface area contributed by atoms with Crippen molar-refractivity contribution in [3.63, 3.8) is 0 Å². The van der Waals surface area contributed by atoms with Crippen molar-refractivity contribution in [2.75, 3.05) is 0 Å². The molecular formula is C14H9ClOS. The van der Waals surface area contributed by atoms with Gasteiger partial charge in [0.25, 0.3) is 0 Å². The number of carbonyl (C=O) groups excluding carboxylic acids is 1. The summed E-state index contributed by atoms with van der Waals surface area (Å²) >= 11 is 7.58. The maximum atomic E-state index is 12.1. The number of rotatable bonds is 0. The molecule has 1 aromatic carbocycles. The van der Waals surface area contributed by atoms with E-state index in [0.29, 0.717) is 10.6 Å². The standard InChI is InChI=1S/C14H9ClOS/c15-10-5-6-14-11(8-10)12(16)7-9-3-1-2-4-13(9)17-14/h1-2,4-8H,3H2. The van der Waals surface area contributed by atoms with Crippen molar-refractivity contribution < 1.29 is 4.79 Å². The maximum absolute atomic E-state index is 12.1. The lowest BCUT2D eigenvalue weighted by atomic mass is 10.0. The van der Waals surface area contributed by atoms with Crippen LogP contribution in [0.25, 0.3) is 0 Å². The molecule has 0 radical (unpaired) electrons. The smallest absolute Gasteiger partial charge is 0.187 e. The third-order valence-electron chi connectivity index (χ3n) is 2.77. The van der Waals surface area contributed by atoms with E-state index in [9.17, 15) is 4.79 Å². The molecule has 2 aliphatic rings. The highest BCUT2D eigenvalue weighted by atomic mass is 35.5. The summed E-state index contributed by atoms with van der Waals surface area (Å²) in [5.74, 6) is 0.0451. The molecule has 0 fully saturated rings. The van der Waals surface area contributed by atoms with Crippen LogP contribution in [-0.4, -0.2) is 5.78 Å². The minimum absolute atomic E-state index is 0.0451. The van der Waals surface area contributed by atoms with E-state index in [0.717, 1.165) is 21.8 Å². The van der Waals surface area contributed by atoms with E-state index in [2.05, 4.69) is 12.2 Å². The average Bonchev–Trinajstić information content (AvgIpc) is 2.46. The molecule has 0 aromatic heterocycles. The van der Waals surface area contributed by atoms with Crippen LogP contribution < -0.4 is 0 Å². The maximum Gasteiger partial charge on any atom is 0.187 e. The Labute approximate surface area is 109 Å². The first kappa shape index (κ1) is 10.9. The molecule has 0 N–H and O–H groups in total. The molecule has 0 amide bonds. The number of thioether (sulfide) groups is 1. The summed E-state index contributed by atoms with van der Waals surface area (Å²) in [5, 5.41) is 0.605. The number of hydrogen-bond acceptors (Lipinski definition) is 2. The van der Waals surface area contributed by atoms with Crippen molar-refractivity contribution in [3.8, 4) is 0 Å². The fourth-order valence-electron chi connectivity index (χ4n) is 1.93. The molecule has 1 aliphatic heterocycles. The normalized spacial score (nSPS) is 17.8. The Hall–Kier alpha value is -1.25. The van der Waals surface area contributed by atoms with E-state index in [1.165, 1.54) is 0 Å². The van der Waals surface area contributed by atoms with Crippen molar-refractivity contribution in [2.45, 2.75) is 11.3 Å². The summed E-state index contributed by atoms with van der Waals surface area (Å²) in [6.45, 7) is 0. The van der Waals surface area contributed by atoms with E-state index in [1.54, 1.807) is 23.9 Å². The van der Waals surface area contributed by atoms with E-state index >= 15 is 0 Å². The molecular weight excluding hydrogens is 252 g/mol. The number of benzene rings is 1. The number of fused-ring (bicyclic) bond motifs is 2. The zero-order valence-electron chi connectivity index (χ0n) is 8.94. The van der Waals surface area contributed by atoms with Crippen LogP contribution in [0.5, 0.6) is 0 Å². The van der Waals surface area contributed by atoms with Crippen LogP contribution in [0.1, 0.15) is 16.8 Å². The van der Waals surface area contributed by atoms with Gasteiger partial charge in [0.1, 0.15) is 0 Å². The van der Waals surface area contributed by atoms with E-state index < -0.39 is 0 Å².